The Labute approximate surface area is 195 Å². The van der Waals surface area contributed by atoms with Gasteiger partial charge in [0.25, 0.3) is 0 Å². The lowest BCUT2D eigenvalue weighted by molar-refractivity contribution is -0.118. The Balaban J connectivity index is 1.41. The number of nitrogens with zero attached hydrogens (tertiary/aromatic N) is 3. The van der Waals surface area contributed by atoms with Crippen LogP contribution in [0.1, 0.15) is 11.4 Å². The van der Waals surface area contributed by atoms with Crippen LogP contribution in [0.2, 0.25) is 5.02 Å². The second kappa shape index (κ2) is 10.8. The fourth-order valence-corrected chi connectivity index (χ4v) is 4.05. The highest BCUT2D eigenvalue weighted by molar-refractivity contribution is 7.99. The Morgan fingerprint density at radius 2 is 1.84 bits per heavy atom. The number of amides is 1. The lowest BCUT2D eigenvalue weighted by atomic mass is 10.1. The van der Waals surface area contributed by atoms with E-state index in [-0.39, 0.29) is 23.2 Å². The minimum atomic E-state index is -3.71. The Hall–Kier alpha value is -2.60. The zero-order valence-corrected chi connectivity index (χ0v) is 19.6. The lowest BCUT2D eigenvalue weighted by Crippen LogP contribution is -2.27. The number of hydrogen-bond donors (Lipinski definition) is 2. The monoisotopic (exact) mass is 495 g/mol. The molecule has 0 fully saturated rings. The van der Waals surface area contributed by atoms with E-state index in [1.807, 2.05) is 7.05 Å². The summed E-state index contributed by atoms with van der Waals surface area (Å²) in [6, 6.07) is 13.3. The molecule has 0 aliphatic carbocycles. The second-order valence-electron chi connectivity index (χ2n) is 6.78. The number of sulfonamides is 1. The van der Waals surface area contributed by atoms with Gasteiger partial charge in [-0.25, -0.2) is 13.6 Å². The zero-order valence-electron chi connectivity index (χ0n) is 17.2. The molecule has 170 valence electrons. The standard InChI is InChI=1S/C20H22ClN5O4S2/c1-26-18(12-30-16-6-4-15(21)5-7-16)24-25-20(26)31-13-19(27)23-11-10-14-2-8-17(9-3-14)32(22,28)29/h2-9H,10-13H2,1H3,(H,23,27)(H2,22,28,29). The third kappa shape index (κ3) is 6.95. The molecular formula is C20H22ClN5O4S2. The first-order valence-electron chi connectivity index (χ1n) is 9.50. The summed E-state index contributed by atoms with van der Waals surface area (Å²) in [4.78, 5) is 12.2. The molecule has 1 heterocycles. The van der Waals surface area contributed by atoms with Gasteiger partial charge in [-0.05, 0) is 48.4 Å². The van der Waals surface area contributed by atoms with E-state index in [2.05, 4.69) is 15.5 Å². The number of benzene rings is 2. The van der Waals surface area contributed by atoms with E-state index < -0.39 is 10.0 Å². The van der Waals surface area contributed by atoms with Gasteiger partial charge in [0.2, 0.25) is 15.9 Å². The lowest BCUT2D eigenvalue weighted by Gasteiger charge is -2.07. The number of rotatable bonds is 10. The van der Waals surface area contributed by atoms with E-state index in [0.717, 1.165) is 5.56 Å². The number of nitrogens with one attached hydrogen (secondary N) is 1. The number of nitrogens with two attached hydrogens (primary N) is 1. The molecule has 3 N–H and O–H groups in total. The highest BCUT2D eigenvalue weighted by Gasteiger charge is 2.12. The van der Waals surface area contributed by atoms with Crippen molar-refractivity contribution in [3.05, 3.63) is 64.9 Å². The molecule has 9 nitrogen and oxygen atoms in total. The van der Waals surface area contributed by atoms with E-state index >= 15 is 0 Å². The number of aromatic nitrogens is 3. The van der Waals surface area contributed by atoms with Gasteiger partial charge in [0.05, 0.1) is 10.6 Å². The van der Waals surface area contributed by atoms with Gasteiger partial charge in [0, 0.05) is 18.6 Å². The average Bonchev–Trinajstić information content (AvgIpc) is 3.11. The van der Waals surface area contributed by atoms with Gasteiger partial charge >= 0.3 is 0 Å². The molecule has 0 spiro atoms. The molecule has 1 amide bonds. The highest BCUT2D eigenvalue weighted by Crippen LogP contribution is 2.19. The molecule has 0 unspecified atom stereocenters. The van der Waals surface area contributed by atoms with Crippen LogP contribution in [-0.4, -0.2) is 41.4 Å². The molecule has 2 aromatic carbocycles. The van der Waals surface area contributed by atoms with Crippen LogP contribution >= 0.6 is 23.4 Å². The summed E-state index contributed by atoms with van der Waals surface area (Å²) in [5, 5.41) is 17.4. The largest absolute Gasteiger partial charge is 0.486 e. The maximum Gasteiger partial charge on any atom is 0.238 e. The number of carbonyl (C=O) groups is 1. The van der Waals surface area contributed by atoms with Crippen molar-refractivity contribution in [2.75, 3.05) is 12.3 Å². The van der Waals surface area contributed by atoms with Crippen molar-refractivity contribution in [2.24, 2.45) is 12.2 Å². The second-order valence-corrected chi connectivity index (χ2v) is 9.72. The fourth-order valence-electron chi connectivity index (χ4n) is 2.65. The Morgan fingerprint density at radius 3 is 2.50 bits per heavy atom. The molecule has 0 saturated carbocycles. The van der Waals surface area contributed by atoms with Gasteiger partial charge in [-0.3, -0.25) is 4.79 Å². The molecule has 0 radical (unpaired) electrons. The third-order valence-electron chi connectivity index (χ3n) is 4.43. The van der Waals surface area contributed by atoms with Gasteiger partial charge < -0.3 is 14.6 Å². The minimum absolute atomic E-state index is 0.0586. The van der Waals surface area contributed by atoms with Gasteiger partial charge in [0.15, 0.2) is 11.0 Å². The SMILES string of the molecule is Cn1c(COc2ccc(Cl)cc2)nnc1SCC(=O)NCCc1ccc(S(N)(=O)=O)cc1. The van der Waals surface area contributed by atoms with Crippen LogP contribution in [0.4, 0.5) is 0 Å². The molecule has 1 aromatic heterocycles. The molecule has 12 heteroatoms. The Morgan fingerprint density at radius 1 is 1.16 bits per heavy atom. The first kappa shape index (κ1) is 24.1. The van der Waals surface area contributed by atoms with Crippen molar-refractivity contribution in [3.8, 4) is 5.75 Å². The van der Waals surface area contributed by atoms with Gasteiger partial charge in [-0.1, -0.05) is 35.5 Å². The highest BCUT2D eigenvalue weighted by atomic mass is 35.5. The Kier molecular flexibility index (Phi) is 8.13. The topological polar surface area (TPSA) is 129 Å². The van der Waals surface area contributed by atoms with Crippen molar-refractivity contribution >= 4 is 39.3 Å². The first-order valence-corrected chi connectivity index (χ1v) is 12.4. The third-order valence-corrected chi connectivity index (χ3v) is 6.63. The van der Waals surface area contributed by atoms with Crippen molar-refractivity contribution < 1.29 is 17.9 Å². The van der Waals surface area contributed by atoms with Crippen LogP contribution in [0.25, 0.3) is 0 Å². The maximum absolute atomic E-state index is 12.1. The van der Waals surface area contributed by atoms with Crippen LogP contribution in [0.3, 0.4) is 0 Å². The molecule has 0 bridgehead atoms. The van der Waals surface area contributed by atoms with Crippen LogP contribution in [-0.2, 0) is 34.9 Å². The summed E-state index contributed by atoms with van der Waals surface area (Å²) in [5.41, 5.74) is 0.893. The summed E-state index contributed by atoms with van der Waals surface area (Å²) in [5.74, 6) is 1.35. The van der Waals surface area contributed by atoms with Crippen molar-refractivity contribution in [1.29, 1.82) is 0 Å². The molecule has 0 aliphatic rings. The minimum Gasteiger partial charge on any atom is -0.486 e. The van der Waals surface area contributed by atoms with Crippen LogP contribution in [0.5, 0.6) is 5.75 Å². The zero-order chi connectivity index (χ0) is 23.1. The van der Waals surface area contributed by atoms with E-state index in [1.54, 1.807) is 41.0 Å². The van der Waals surface area contributed by atoms with Crippen LogP contribution in [0, 0.1) is 0 Å². The van der Waals surface area contributed by atoms with E-state index in [0.29, 0.717) is 34.7 Å². The summed E-state index contributed by atoms with van der Waals surface area (Å²) in [7, 11) is -1.90. The van der Waals surface area contributed by atoms with Crippen LogP contribution < -0.4 is 15.2 Å². The summed E-state index contributed by atoms with van der Waals surface area (Å²) in [6.45, 7) is 0.662. The molecular weight excluding hydrogens is 474 g/mol. The number of ether oxygens (including phenoxy) is 1. The first-order chi connectivity index (χ1) is 15.2. The maximum atomic E-state index is 12.1. The summed E-state index contributed by atoms with van der Waals surface area (Å²) >= 11 is 7.13. The average molecular weight is 496 g/mol. The number of thioether (sulfide) groups is 1. The Bertz CT molecular complexity index is 1170. The van der Waals surface area contributed by atoms with Gasteiger partial charge in [-0.2, -0.15) is 0 Å². The molecule has 32 heavy (non-hydrogen) atoms. The molecule has 0 atom stereocenters. The van der Waals surface area contributed by atoms with Crippen molar-refractivity contribution in [2.45, 2.75) is 23.1 Å². The van der Waals surface area contributed by atoms with Gasteiger partial charge in [0.1, 0.15) is 12.4 Å². The van der Waals surface area contributed by atoms with Gasteiger partial charge in [-0.15, -0.1) is 10.2 Å². The number of primary sulfonamides is 1. The summed E-state index contributed by atoms with van der Waals surface area (Å²) in [6.07, 6.45) is 0.567. The van der Waals surface area contributed by atoms with Crippen molar-refractivity contribution in [1.82, 2.24) is 20.1 Å². The molecule has 3 aromatic rings. The molecule has 0 aliphatic heterocycles. The smallest absolute Gasteiger partial charge is 0.238 e. The summed E-state index contributed by atoms with van der Waals surface area (Å²) < 4.78 is 30.0. The predicted molar refractivity (Wildman–Crippen MR) is 122 cm³/mol. The molecule has 3 rings (SSSR count). The predicted octanol–water partition coefficient (Wildman–Crippen LogP) is 2.15. The van der Waals surface area contributed by atoms with Crippen molar-refractivity contribution in [3.63, 3.8) is 0 Å². The van der Waals surface area contributed by atoms with E-state index in [9.17, 15) is 13.2 Å². The quantitative estimate of drug-likeness (QED) is 0.412. The number of carbonyl (C=O) groups excluding carboxylic acids is 1. The number of hydrogen-bond acceptors (Lipinski definition) is 7. The number of halogens is 1. The van der Waals surface area contributed by atoms with E-state index in [4.69, 9.17) is 21.5 Å². The fraction of sp³-hybridized carbons (Fsp3) is 0.250. The van der Waals surface area contributed by atoms with E-state index in [1.165, 1.54) is 23.9 Å². The molecule has 0 saturated heterocycles. The van der Waals surface area contributed by atoms with Crippen LogP contribution in [0.15, 0.2) is 58.6 Å². The normalized spacial score (nSPS) is 11.3.